The fraction of sp³-hybridized carbons (Fsp3) is 1.00. The number of aliphatic hydroxyl groups excluding tert-OH is 1. The molecule has 0 aromatic heterocycles. The molecule has 0 radical (unpaired) electrons. The van der Waals surface area contributed by atoms with Crippen LogP contribution >= 0.6 is 0 Å². The molecule has 19 heavy (non-hydrogen) atoms. The molecule has 4 heteroatoms. The maximum absolute atomic E-state index is 8.44. The second kappa shape index (κ2) is 12.9. The van der Waals surface area contributed by atoms with Crippen molar-refractivity contribution < 1.29 is 19.3 Å². The molecule has 3 fully saturated rings. The third-order valence-electron chi connectivity index (χ3n) is 3.38. The number of hydrogen-bond donors (Lipinski definition) is 1. The first-order valence-electron chi connectivity index (χ1n) is 7.81. The van der Waals surface area contributed by atoms with Crippen molar-refractivity contribution in [3.63, 3.8) is 0 Å². The molecule has 114 valence electrons. The third-order valence-corrected chi connectivity index (χ3v) is 3.38. The summed E-state index contributed by atoms with van der Waals surface area (Å²) >= 11 is 0. The number of aliphatic hydroxyl groups is 1. The predicted molar refractivity (Wildman–Crippen MR) is 75.4 cm³/mol. The minimum atomic E-state index is 0.153. The van der Waals surface area contributed by atoms with E-state index in [0.29, 0.717) is 0 Å². The van der Waals surface area contributed by atoms with Crippen molar-refractivity contribution in [2.24, 2.45) is 0 Å². The van der Waals surface area contributed by atoms with Crippen molar-refractivity contribution in [1.29, 1.82) is 0 Å². The molecular formula is C15H30O4. The van der Waals surface area contributed by atoms with Gasteiger partial charge in [0, 0.05) is 33.0 Å². The van der Waals surface area contributed by atoms with Gasteiger partial charge >= 0.3 is 0 Å². The molecule has 0 saturated carbocycles. The molecule has 1 N–H and O–H groups in total. The van der Waals surface area contributed by atoms with E-state index in [4.69, 9.17) is 19.3 Å². The largest absolute Gasteiger partial charge is 0.394 e. The lowest BCUT2D eigenvalue weighted by molar-refractivity contribution is 0.0591. The number of ether oxygens (including phenoxy) is 3. The van der Waals surface area contributed by atoms with E-state index in [1.807, 2.05) is 0 Å². The van der Waals surface area contributed by atoms with Gasteiger partial charge in [0.1, 0.15) is 0 Å². The van der Waals surface area contributed by atoms with Crippen molar-refractivity contribution in [2.75, 3.05) is 39.6 Å². The molecule has 3 saturated heterocycles. The molecule has 0 spiro atoms. The lowest BCUT2D eigenvalue weighted by Gasteiger charge is -2.08. The topological polar surface area (TPSA) is 47.9 Å². The molecule has 3 aliphatic rings. The van der Waals surface area contributed by atoms with Crippen molar-refractivity contribution in [3.05, 3.63) is 0 Å². The Morgan fingerprint density at radius 1 is 0.684 bits per heavy atom. The highest BCUT2D eigenvalue weighted by molar-refractivity contribution is 4.61. The maximum atomic E-state index is 8.44. The Bertz CT molecular complexity index is 138. The minimum Gasteiger partial charge on any atom is -0.394 e. The van der Waals surface area contributed by atoms with Crippen LogP contribution in [0.2, 0.25) is 0 Å². The van der Waals surface area contributed by atoms with Crippen LogP contribution in [-0.2, 0) is 14.2 Å². The molecule has 0 aliphatic carbocycles. The molecule has 0 aromatic carbocycles. The minimum absolute atomic E-state index is 0.153. The maximum Gasteiger partial charge on any atom is 0.0806 e. The van der Waals surface area contributed by atoms with Crippen LogP contribution in [0.5, 0.6) is 0 Å². The third kappa shape index (κ3) is 10.3. The van der Waals surface area contributed by atoms with Gasteiger partial charge in [-0.1, -0.05) is 0 Å². The van der Waals surface area contributed by atoms with E-state index in [-0.39, 0.29) is 12.7 Å². The summed E-state index contributed by atoms with van der Waals surface area (Å²) < 4.78 is 15.2. The highest BCUT2D eigenvalue weighted by Gasteiger charge is 2.12. The Hall–Kier alpha value is -0.160. The first-order valence-corrected chi connectivity index (χ1v) is 7.81. The van der Waals surface area contributed by atoms with Crippen molar-refractivity contribution in [1.82, 2.24) is 0 Å². The van der Waals surface area contributed by atoms with Crippen LogP contribution in [0.4, 0.5) is 0 Å². The lowest BCUT2D eigenvalue weighted by Crippen LogP contribution is -2.09. The van der Waals surface area contributed by atoms with Gasteiger partial charge in [0.25, 0.3) is 0 Å². The molecule has 3 aliphatic heterocycles. The zero-order valence-corrected chi connectivity index (χ0v) is 12.1. The van der Waals surface area contributed by atoms with Crippen LogP contribution in [0.15, 0.2) is 0 Å². The van der Waals surface area contributed by atoms with Gasteiger partial charge in [0.15, 0.2) is 0 Å². The van der Waals surface area contributed by atoms with E-state index in [0.717, 1.165) is 45.9 Å². The van der Waals surface area contributed by atoms with E-state index in [2.05, 4.69) is 0 Å². The molecule has 0 bridgehead atoms. The van der Waals surface area contributed by atoms with Crippen LogP contribution in [-0.4, -0.2) is 50.9 Å². The summed E-state index contributed by atoms with van der Waals surface area (Å²) in [4.78, 5) is 0. The highest BCUT2D eigenvalue weighted by atomic mass is 16.5. The summed E-state index contributed by atoms with van der Waals surface area (Å²) in [6.45, 7) is 5.03. The quantitative estimate of drug-likeness (QED) is 0.798. The highest BCUT2D eigenvalue weighted by Crippen LogP contribution is 2.09. The molecule has 3 rings (SSSR count). The van der Waals surface area contributed by atoms with E-state index < -0.39 is 0 Å². The van der Waals surface area contributed by atoms with Gasteiger partial charge in [-0.3, -0.25) is 0 Å². The molecule has 0 aromatic rings. The van der Waals surface area contributed by atoms with E-state index in [9.17, 15) is 0 Å². The van der Waals surface area contributed by atoms with Gasteiger partial charge < -0.3 is 19.3 Å². The van der Waals surface area contributed by atoms with Crippen molar-refractivity contribution in [3.8, 4) is 0 Å². The Kier molecular flexibility index (Phi) is 11.4. The fourth-order valence-electron chi connectivity index (χ4n) is 2.16. The molecule has 4 nitrogen and oxygen atoms in total. The summed E-state index contributed by atoms with van der Waals surface area (Å²) in [5, 5.41) is 8.44. The van der Waals surface area contributed by atoms with Crippen LogP contribution in [0, 0.1) is 0 Å². The first-order chi connectivity index (χ1) is 9.43. The molecular weight excluding hydrogens is 244 g/mol. The average molecular weight is 274 g/mol. The van der Waals surface area contributed by atoms with Crippen LogP contribution < -0.4 is 0 Å². The zero-order chi connectivity index (χ0) is 13.6. The van der Waals surface area contributed by atoms with Crippen molar-refractivity contribution in [2.45, 2.75) is 57.5 Å². The fourth-order valence-corrected chi connectivity index (χ4v) is 2.16. The summed E-state index contributed by atoms with van der Waals surface area (Å²) in [5.74, 6) is 0. The van der Waals surface area contributed by atoms with E-state index in [1.54, 1.807) is 0 Å². The Morgan fingerprint density at radius 2 is 1.21 bits per heavy atom. The van der Waals surface area contributed by atoms with Crippen LogP contribution in [0.25, 0.3) is 0 Å². The molecule has 0 amide bonds. The lowest BCUT2D eigenvalue weighted by atomic mass is 10.2. The molecule has 1 atom stereocenters. The molecule has 1 unspecified atom stereocenters. The summed E-state index contributed by atoms with van der Waals surface area (Å²) in [6.07, 6.45) is 10.2. The normalized spacial score (nSPS) is 26.7. The van der Waals surface area contributed by atoms with Crippen molar-refractivity contribution >= 4 is 0 Å². The second-order valence-electron chi connectivity index (χ2n) is 5.16. The van der Waals surface area contributed by atoms with Gasteiger partial charge in [0.2, 0.25) is 0 Å². The second-order valence-corrected chi connectivity index (χ2v) is 5.16. The SMILES string of the molecule is C1CCOCC1.C1CCOCC1.OCC1CCCO1. The Morgan fingerprint density at radius 3 is 1.37 bits per heavy atom. The predicted octanol–water partition coefficient (Wildman–Crippen LogP) is 2.53. The summed E-state index contributed by atoms with van der Waals surface area (Å²) in [5.41, 5.74) is 0. The van der Waals surface area contributed by atoms with Gasteiger partial charge in [-0.15, -0.1) is 0 Å². The van der Waals surface area contributed by atoms with Crippen LogP contribution in [0.1, 0.15) is 51.4 Å². The summed E-state index contributed by atoms with van der Waals surface area (Å²) in [7, 11) is 0. The molecule has 3 heterocycles. The first kappa shape index (κ1) is 16.9. The number of rotatable bonds is 1. The van der Waals surface area contributed by atoms with E-state index in [1.165, 1.54) is 38.5 Å². The van der Waals surface area contributed by atoms with Gasteiger partial charge in [-0.25, -0.2) is 0 Å². The zero-order valence-electron chi connectivity index (χ0n) is 12.1. The standard InChI is InChI=1S/C5H10O2.2C5H10O/c6-4-5-2-1-3-7-5;2*1-2-4-6-5-3-1/h5-6H,1-4H2;2*1-5H2. The van der Waals surface area contributed by atoms with Crippen LogP contribution in [0.3, 0.4) is 0 Å². The van der Waals surface area contributed by atoms with Gasteiger partial charge in [0.05, 0.1) is 12.7 Å². The summed E-state index contributed by atoms with van der Waals surface area (Å²) in [6, 6.07) is 0. The monoisotopic (exact) mass is 274 g/mol. The Balaban J connectivity index is 0.000000143. The van der Waals surface area contributed by atoms with Gasteiger partial charge in [-0.05, 0) is 51.4 Å². The number of hydrogen-bond acceptors (Lipinski definition) is 4. The Labute approximate surface area is 117 Å². The van der Waals surface area contributed by atoms with E-state index >= 15 is 0 Å². The average Bonchev–Trinajstić information content (AvgIpc) is 3.06. The smallest absolute Gasteiger partial charge is 0.0806 e. The van der Waals surface area contributed by atoms with Gasteiger partial charge in [-0.2, -0.15) is 0 Å².